The van der Waals surface area contributed by atoms with Gasteiger partial charge in [0.25, 0.3) is 5.56 Å². The normalized spacial score (nSPS) is 19.5. The van der Waals surface area contributed by atoms with Crippen LogP contribution in [-0.2, 0) is 6.54 Å². The molecule has 1 aliphatic rings. The van der Waals surface area contributed by atoms with E-state index in [1.807, 2.05) is 24.3 Å². The lowest BCUT2D eigenvalue weighted by atomic mass is 10.2. The van der Waals surface area contributed by atoms with E-state index in [9.17, 15) is 4.79 Å². The van der Waals surface area contributed by atoms with Crippen LogP contribution in [0, 0.1) is 0 Å². The number of likely N-dealkylation sites (N-methyl/N-ethyl adjacent to an activating group) is 2. The molecule has 3 aromatic rings. The Morgan fingerprint density at radius 1 is 1.20 bits per heavy atom. The molecule has 1 fully saturated rings. The van der Waals surface area contributed by atoms with Crippen molar-refractivity contribution < 1.29 is 0 Å². The molecule has 0 bridgehead atoms. The second-order valence-electron chi connectivity index (χ2n) is 6.79. The van der Waals surface area contributed by atoms with Crippen molar-refractivity contribution in [3.8, 4) is 10.4 Å². The number of aromatic nitrogens is 2. The van der Waals surface area contributed by atoms with Crippen molar-refractivity contribution in [3.63, 3.8) is 0 Å². The van der Waals surface area contributed by atoms with Crippen LogP contribution in [0.5, 0.6) is 0 Å². The van der Waals surface area contributed by atoms with E-state index in [1.54, 1.807) is 10.9 Å². The molecule has 130 valence electrons. The Balaban J connectivity index is 1.67. The fourth-order valence-electron chi connectivity index (χ4n) is 3.35. The van der Waals surface area contributed by atoms with Crippen LogP contribution in [0.3, 0.4) is 0 Å². The number of hydrogen-bond donors (Lipinski definition) is 0. The average Bonchev–Trinajstić information content (AvgIpc) is 3.06. The van der Waals surface area contributed by atoms with Crippen molar-refractivity contribution >= 4 is 21.6 Å². The Labute approximate surface area is 151 Å². The van der Waals surface area contributed by atoms with Crippen molar-refractivity contribution in [2.24, 2.45) is 0 Å². The highest BCUT2D eigenvalue weighted by atomic mass is 32.1. The van der Waals surface area contributed by atoms with Crippen molar-refractivity contribution in [1.29, 1.82) is 0 Å². The summed E-state index contributed by atoms with van der Waals surface area (Å²) in [6.45, 7) is 3.76. The van der Waals surface area contributed by atoms with Gasteiger partial charge >= 0.3 is 0 Å². The van der Waals surface area contributed by atoms with E-state index in [0.717, 1.165) is 40.3 Å². The summed E-state index contributed by atoms with van der Waals surface area (Å²) in [6.07, 6.45) is 1.70. The van der Waals surface area contributed by atoms with Gasteiger partial charge in [-0.05, 0) is 25.7 Å². The van der Waals surface area contributed by atoms with Crippen LogP contribution in [0.2, 0.25) is 0 Å². The third kappa shape index (κ3) is 3.25. The molecule has 5 nitrogen and oxygen atoms in total. The van der Waals surface area contributed by atoms with Gasteiger partial charge in [-0.3, -0.25) is 14.3 Å². The molecule has 4 rings (SSSR count). The average molecular weight is 354 g/mol. The molecule has 6 heteroatoms. The van der Waals surface area contributed by atoms with Crippen LogP contribution in [-0.4, -0.2) is 59.1 Å². The molecule has 0 aliphatic carbocycles. The zero-order valence-electron chi connectivity index (χ0n) is 14.6. The van der Waals surface area contributed by atoms with Crippen molar-refractivity contribution in [3.05, 3.63) is 53.1 Å². The highest BCUT2D eigenvalue weighted by Gasteiger charge is 2.23. The molecule has 0 amide bonds. The maximum absolute atomic E-state index is 12.9. The van der Waals surface area contributed by atoms with E-state index in [2.05, 4.69) is 41.0 Å². The summed E-state index contributed by atoms with van der Waals surface area (Å²) in [5, 5.41) is 0. The van der Waals surface area contributed by atoms with Gasteiger partial charge < -0.3 is 4.90 Å². The number of hydrogen-bond acceptors (Lipinski definition) is 5. The third-order valence-electron chi connectivity index (χ3n) is 4.95. The van der Waals surface area contributed by atoms with Crippen molar-refractivity contribution in [1.82, 2.24) is 19.4 Å². The predicted octanol–water partition coefficient (Wildman–Crippen LogP) is 2.37. The minimum absolute atomic E-state index is 0.0683. The molecule has 25 heavy (non-hydrogen) atoms. The number of piperazine rings is 1. The molecule has 1 atom stereocenters. The van der Waals surface area contributed by atoms with Gasteiger partial charge in [0.1, 0.15) is 4.70 Å². The second-order valence-corrected chi connectivity index (χ2v) is 7.84. The molecular weight excluding hydrogens is 332 g/mol. The summed E-state index contributed by atoms with van der Waals surface area (Å²) >= 11 is 1.53. The first-order valence-electron chi connectivity index (χ1n) is 8.55. The smallest absolute Gasteiger partial charge is 0.271 e. The second kappa shape index (κ2) is 6.71. The van der Waals surface area contributed by atoms with Gasteiger partial charge in [-0.15, -0.1) is 11.3 Å². The van der Waals surface area contributed by atoms with Gasteiger partial charge in [-0.1, -0.05) is 30.3 Å². The molecule has 1 aliphatic heterocycles. The molecule has 3 heterocycles. The van der Waals surface area contributed by atoms with Crippen molar-refractivity contribution in [2.75, 3.05) is 33.7 Å². The van der Waals surface area contributed by atoms with Crippen LogP contribution in [0.1, 0.15) is 0 Å². The first-order chi connectivity index (χ1) is 12.1. The van der Waals surface area contributed by atoms with Gasteiger partial charge in [0.05, 0.1) is 11.8 Å². The lowest BCUT2D eigenvalue weighted by Gasteiger charge is -2.37. The van der Waals surface area contributed by atoms with Crippen LogP contribution in [0.25, 0.3) is 20.7 Å². The van der Waals surface area contributed by atoms with E-state index < -0.39 is 0 Å². The molecule has 0 radical (unpaired) electrons. The number of nitrogens with zero attached hydrogens (tertiary/aromatic N) is 4. The Kier molecular flexibility index (Phi) is 4.41. The summed E-state index contributed by atoms with van der Waals surface area (Å²) in [5.41, 5.74) is 1.99. The number of rotatable bonds is 3. The molecule has 0 saturated carbocycles. The van der Waals surface area contributed by atoms with E-state index in [1.165, 1.54) is 11.3 Å². The first kappa shape index (κ1) is 16.4. The summed E-state index contributed by atoms with van der Waals surface area (Å²) in [5.74, 6) is 0. The van der Waals surface area contributed by atoms with Crippen molar-refractivity contribution in [2.45, 2.75) is 12.6 Å². The zero-order valence-corrected chi connectivity index (χ0v) is 15.4. The Bertz CT molecular complexity index is 933. The van der Waals surface area contributed by atoms with Gasteiger partial charge in [-0.25, -0.2) is 4.98 Å². The van der Waals surface area contributed by atoms with E-state index >= 15 is 0 Å². The number of benzene rings is 1. The SMILES string of the molecule is CN1CCN(C)[C@H](Cn2cnc3cc(-c4ccccc4)sc3c2=O)C1. The molecule has 2 aromatic heterocycles. The van der Waals surface area contributed by atoms with Gasteiger partial charge in [-0.2, -0.15) is 0 Å². The fraction of sp³-hybridized carbons (Fsp3) is 0.368. The van der Waals surface area contributed by atoms with E-state index in [-0.39, 0.29) is 5.56 Å². The molecule has 1 saturated heterocycles. The predicted molar refractivity (Wildman–Crippen MR) is 103 cm³/mol. The molecular formula is C19H22N4OS. The van der Waals surface area contributed by atoms with Crippen LogP contribution in [0.15, 0.2) is 47.5 Å². The van der Waals surface area contributed by atoms with Crippen LogP contribution >= 0.6 is 11.3 Å². The largest absolute Gasteiger partial charge is 0.303 e. The monoisotopic (exact) mass is 354 g/mol. The third-order valence-corrected chi connectivity index (χ3v) is 6.11. The minimum atomic E-state index is 0.0683. The van der Waals surface area contributed by atoms with Gasteiger partial charge in [0.15, 0.2) is 0 Å². The standard InChI is InChI=1S/C19H22N4OS/c1-21-8-9-22(2)15(11-21)12-23-13-20-16-10-17(25-18(16)19(23)24)14-6-4-3-5-7-14/h3-7,10,13,15H,8-9,11-12H2,1-2H3/t15-/m0/s1. The fourth-order valence-corrected chi connectivity index (χ4v) is 4.41. The molecule has 0 spiro atoms. The Morgan fingerprint density at radius 3 is 2.80 bits per heavy atom. The van der Waals surface area contributed by atoms with E-state index in [4.69, 9.17) is 0 Å². The quantitative estimate of drug-likeness (QED) is 0.724. The van der Waals surface area contributed by atoms with Gasteiger partial charge in [0.2, 0.25) is 0 Å². The lowest BCUT2D eigenvalue weighted by Crippen LogP contribution is -2.52. The summed E-state index contributed by atoms with van der Waals surface area (Å²) in [7, 11) is 4.27. The zero-order chi connectivity index (χ0) is 17.4. The maximum Gasteiger partial charge on any atom is 0.271 e. The highest BCUT2D eigenvalue weighted by Crippen LogP contribution is 2.30. The van der Waals surface area contributed by atoms with E-state index in [0.29, 0.717) is 12.6 Å². The minimum Gasteiger partial charge on any atom is -0.303 e. The Morgan fingerprint density at radius 2 is 2.00 bits per heavy atom. The molecule has 0 N–H and O–H groups in total. The maximum atomic E-state index is 12.9. The highest BCUT2D eigenvalue weighted by molar-refractivity contribution is 7.22. The van der Waals surface area contributed by atoms with Crippen LogP contribution < -0.4 is 5.56 Å². The topological polar surface area (TPSA) is 41.4 Å². The summed E-state index contributed by atoms with van der Waals surface area (Å²) in [6, 6.07) is 12.5. The molecule has 1 aromatic carbocycles. The van der Waals surface area contributed by atoms with Gasteiger partial charge in [0, 0.05) is 37.1 Å². The lowest BCUT2D eigenvalue weighted by molar-refractivity contribution is 0.102. The first-order valence-corrected chi connectivity index (χ1v) is 9.36. The molecule has 0 unspecified atom stereocenters. The van der Waals surface area contributed by atoms with Crippen LogP contribution in [0.4, 0.5) is 0 Å². The number of thiophene rings is 1. The Hall–Kier alpha value is -2.02. The number of fused-ring (bicyclic) bond motifs is 1. The summed E-state index contributed by atoms with van der Waals surface area (Å²) in [4.78, 5) is 23.2. The summed E-state index contributed by atoms with van der Waals surface area (Å²) < 4.78 is 2.52.